The van der Waals surface area contributed by atoms with Gasteiger partial charge in [0.1, 0.15) is 99.9 Å². The number of esters is 6. The number of ether oxygens (including phenoxy) is 6. The van der Waals surface area contributed by atoms with Crippen LogP contribution in [-0.2, 0) is 132 Å². The van der Waals surface area contributed by atoms with E-state index in [1.54, 1.807) is 88.3 Å². The number of carboxylic acids is 2. The number of nitrogens with one attached hydrogen (secondary N) is 2. The summed E-state index contributed by atoms with van der Waals surface area (Å²) < 4.78 is 145. The van der Waals surface area contributed by atoms with Crippen molar-refractivity contribution < 1.29 is 165 Å². The van der Waals surface area contributed by atoms with Gasteiger partial charge in [-0.1, -0.05) is 23.2 Å². The number of carbonyl (C=O) groups is 18. The standard InChI is InChI=1S/C19H17ClF2N2O4.C18H16FN5O5.C17H13ClF2N2O4.C17H22FNO5.C13H14FNO5.C11H15ClFNO4/c1-3-28-19(27)17(25)15-9(2)16(24-8-10(21)6-14(15)24)18(26)23-11-4-5-13(22)12(20)7-11;1-3-28-18(27)15(25)13-9(2)14(23-8-10(19)7-12(13)23)17(26)29-24-16-11(21-22-24)5-4-6-20-16;1-7-13(15(23)17(25)26)12-4-8(19)6-22(12)14(7)16(24)21-9-2-3-11(20)10(18)5-9;1-6-23-16(22)14(20)12-9(2)13(15(21)24-17(3,4)5)19-8-10(18)7-11(12)19;1-3-20-13(19)11(16)9-6(2)10(12(17)18)15-5-7(14)4-8(9)15;1-11(2,3)18-10(17)9(16)14-5-6(13)4-7(14)8(12)15/h4-5,7,10H,3,6,8H2,1-2H3,(H,23,26);4-6,10H,3,7-8H2,1-2H3;2-3,5,8H,4,6H2,1H3,(H,21,24)(H,25,26);10H,6-8H2,1-5H3;7H,3-5H2,1-2H3,(H,17,18);6-7H,4-5H2,1-3H3/t2*10-;8-;10-;7-;6-,7+/m111111/s1. The highest BCUT2D eigenvalue weighted by molar-refractivity contribution is 6.65. The Labute approximate surface area is 833 Å². The minimum atomic E-state index is -1.68. The maximum Gasteiger partial charge on any atom is 0.397 e. The number of alkyl halides is 6. The molecule has 0 aliphatic carbocycles. The molecule has 7 atom stereocenters. The zero-order valence-corrected chi connectivity index (χ0v) is 82.5. The molecule has 6 aliphatic heterocycles. The Morgan fingerprint density at radius 3 is 1.10 bits per heavy atom. The van der Waals surface area contributed by atoms with Crippen LogP contribution in [0.4, 0.5) is 46.5 Å². The van der Waals surface area contributed by atoms with E-state index >= 15 is 0 Å². The summed E-state index contributed by atoms with van der Waals surface area (Å²) in [5, 5.41) is 29.6. The predicted molar refractivity (Wildman–Crippen MR) is 493 cm³/mol. The molecule has 0 bridgehead atoms. The average molecular weight is 2100 g/mol. The van der Waals surface area contributed by atoms with Gasteiger partial charge in [-0.05, 0) is 202 Å². The monoisotopic (exact) mass is 2090 g/mol. The number of Topliss-reactive ketones (excluding diaryl/α,β-unsaturated/α-hetero) is 5. The molecule has 0 spiro atoms. The van der Waals surface area contributed by atoms with Crippen molar-refractivity contribution in [2.24, 2.45) is 0 Å². The number of aromatic nitrogens is 9. The zero-order chi connectivity index (χ0) is 108. The van der Waals surface area contributed by atoms with Gasteiger partial charge in [-0.2, -0.15) is 0 Å². The van der Waals surface area contributed by atoms with Crippen LogP contribution in [0.1, 0.15) is 236 Å². The van der Waals surface area contributed by atoms with E-state index in [1.807, 2.05) is 0 Å². The van der Waals surface area contributed by atoms with Gasteiger partial charge in [0, 0.05) is 84.6 Å². The number of pyridine rings is 1. The first-order valence-electron chi connectivity index (χ1n) is 44.6. The topological polar surface area (TPSA) is 508 Å². The lowest BCUT2D eigenvalue weighted by Crippen LogP contribution is -2.45. The summed E-state index contributed by atoms with van der Waals surface area (Å²) in [5.41, 5.74) is 1.77. The number of carbonyl (C=O) groups excluding carboxylic acids is 16. The molecule has 13 heterocycles. The molecule has 3 amide bonds. The third-order valence-electron chi connectivity index (χ3n) is 22.7. The van der Waals surface area contributed by atoms with Crippen molar-refractivity contribution in [1.29, 1.82) is 0 Å². The molecule has 9 aromatic rings. The van der Waals surface area contributed by atoms with E-state index in [-0.39, 0.29) is 233 Å². The summed E-state index contributed by atoms with van der Waals surface area (Å²) in [7, 11) is 0. The largest absolute Gasteiger partial charge is 0.477 e. The number of aromatic carboxylic acids is 1. The molecule has 4 N–H and O–H groups in total. The van der Waals surface area contributed by atoms with Crippen molar-refractivity contribution in [3.63, 3.8) is 0 Å². The highest BCUT2D eigenvalue weighted by Crippen LogP contribution is 2.39. The van der Waals surface area contributed by atoms with Crippen LogP contribution >= 0.6 is 34.8 Å². The third kappa shape index (κ3) is 25.1. The van der Waals surface area contributed by atoms with Crippen LogP contribution in [0.25, 0.3) is 11.2 Å². The molecule has 50 heteroatoms. The van der Waals surface area contributed by atoms with E-state index in [4.69, 9.17) is 68.4 Å². The smallest absolute Gasteiger partial charge is 0.397 e. The lowest BCUT2D eigenvalue weighted by Gasteiger charge is -2.24. The lowest BCUT2D eigenvalue weighted by molar-refractivity contribution is -0.168. The fraction of sp³-hybridized carbons (Fsp3) is 0.421. The fourth-order valence-corrected chi connectivity index (χ4v) is 17.7. The number of ketones is 5. The molecule has 145 heavy (non-hydrogen) atoms. The first kappa shape index (κ1) is 112. The molecule has 0 saturated carbocycles. The lowest BCUT2D eigenvalue weighted by atomic mass is 10.0. The van der Waals surface area contributed by atoms with Crippen molar-refractivity contribution in [1.82, 2.24) is 47.9 Å². The van der Waals surface area contributed by atoms with Gasteiger partial charge in [0.05, 0.1) is 104 Å². The summed E-state index contributed by atoms with van der Waals surface area (Å²) in [6.45, 7) is 22.9. The first-order valence-corrected chi connectivity index (χ1v) is 45.8. The third-order valence-corrected chi connectivity index (χ3v) is 23.5. The number of halogens is 11. The molecule has 2 aromatic carbocycles. The van der Waals surface area contributed by atoms with Gasteiger partial charge in [0.2, 0.25) is 10.9 Å². The van der Waals surface area contributed by atoms with Crippen LogP contribution in [-0.4, -0.2) is 251 Å². The molecule has 1 saturated heterocycles. The number of amides is 3. The zero-order valence-electron chi connectivity index (χ0n) is 80.3. The van der Waals surface area contributed by atoms with Crippen LogP contribution in [0.3, 0.4) is 0 Å². The van der Waals surface area contributed by atoms with Gasteiger partial charge >= 0.3 is 59.6 Å². The number of anilines is 2. The number of carboxylic acid groups (broad SMARTS) is 2. The normalized spacial score (nSPS) is 16.9. The number of nitrogens with zero attached hydrogens (tertiary/aromatic N) is 10. The summed E-state index contributed by atoms with van der Waals surface area (Å²) in [5.74, 6) is -18.2. The maximum absolute atomic E-state index is 14.1. The second-order valence-corrected chi connectivity index (χ2v) is 36.3. The number of aliphatic carboxylic acids is 1. The Morgan fingerprint density at radius 2 is 0.766 bits per heavy atom. The van der Waals surface area contributed by atoms with E-state index in [1.165, 1.54) is 81.0 Å². The highest BCUT2D eigenvalue weighted by Gasteiger charge is 2.47. The second-order valence-electron chi connectivity index (χ2n) is 35.1. The van der Waals surface area contributed by atoms with Crippen molar-refractivity contribution in [2.75, 3.05) is 43.6 Å². The Hall–Kier alpha value is -14.6. The number of likely N-dealkylation sites (tertiary alicyclic amines) is 1. The van der Waals surface area contributed by atoms with Crippen LogP contribution in [0.5, 0.6) is 0 Å². The first-order chi connectivity index (χ1) is 67.9. The molecule has 0 unspecified atom stereocenters. The molecule has 1 fully saturated rings. The van der Waals surface area contributed by atoms with E-state index in [9.17, 15) is 127 Å². The SMILES string of the molecule is CC(C)(C)OC(=O)C(=O)N1C[C@H](F)C[C@H]1C(=O)Cl.CCOC(=O)C(=O)c1c(C)c(C(=O)Nc2ccc(F)c(Cl)c2)n2c1C[C@@H](F)C2.CCOC(=O)C(=O)c1c(C)c(C(=O)O)n2c1C[C@@H](F)C2.CCOC(=O)C(=O)c1c(C)c(C(=O)OC(C)(C)C)n2c1C[C@@H](F)C2.CCOC(=O)C(=O)c1c(C)c(C(=O)On2nnc3cccnc32)n2c1C[C@@H](F)C2.Cc1c(C(=O)C(=O)O)c2n(c1C(=O)Nc1ccc(F)c(Cl)c1)C[C@H](F)C2. The minimum absolute atomic E-state index is 0.00908. The summed E-state index contributed by atoms with van der Waals surface area (Å²) in [4.78, 5) is 227. The van der Waals surface area contributed by atoms with E-state index < -0.39 is 172 Å². The van der Waals surface area contributed by atoms with Crippen molar-refractivity contribution in [3.8, 4) is 0 Å². The Bertz CT molecular complexity index is 6780. The van der Waals surface area contributed by atoms with Gasteiger partial charge in [-0.3, -0.25) is 43.2 Å². The molecular weight excluding hydrogens is 2000 g/mol. The Morgan fingerprint density at radius 1 is 0.434 bits per heavy atom. The van der Waals surface area contributed by atoms with Crippen LogP contribution < -0.4 is 15.5 Å². The molecule has 15 rings (SSSR count). The fourth-order valence-electron chi connectivity index (χ4n) is 17.1. The summed E-state index contributed by atoms with van der Waals surface area (Å²) in [6.07, 6.45) is -6.84. The van der Waals surface area contributed by atoms with E-state index in [0.29, 0.717) is 16.8 Å². The van der Waals surface area contributed by atoms with Gasteiger partial charge in [0.15, 0.2) is 0 Å². The van der Waals surface area contributed by atoms with Crippen LogP contribution in [0.15, 0.2) is 54.7 Å². The molecule has 0 radical (unpaired) electrons. The molecule has 6 aliphatic rings. The maximum atomic E-state index is 14.1. The molecule has 39 nitrogen and oxygen atoms in total. The van der Waals surface area contributed by atoms with Crippen LogP contribution in [0.2, 0.25) is 10.0 Å². The van der Waals surface area contributed by atoms with E-state index in [2.05, 4.69) is 30.7 Å². The van der Waals surface area contributed by atoms with Gasteiger partial charge in [-0.25, -0.2) is 83.3 Å². The minimum Gasteiger partial charge on any atom is -0.477 e. The number of hydrogen-bond acceptors (Lipinski definition) is 28. The molecular formula is C95H97Cl3F8N12O27. The van der Waals surface area contributed by atoms with Gasteiger partial charge in [0.25, 0.3) is 40.7 Å². The van der Waals surface area contributed by atoms with Gasteiger partial charge in [-0.15, -0.1) is 5.10 Å². The summed E-state index contributed by atoms with van der Waals surface area (Å²) in [6, 6.07) is 9.44. The molecule has 776 valence electrons. The molecule has 7 aromatic heterocycles. The number of hydrogen-bond donors (Lipinski definition) is 4. The predicted octanol–water partition coefficient (Wildman–Crippen LogP) is 11.9. The summed E-state index contributed by atoms with van der Waals surface area (Å²) >= 11 is 16.7. The van der Waals surface area contributed by atoms with E-state index in [0.717, 1.165) is 21.9 Å². The number of rotatable bonds is 23. The van der Waals surface area contributed by atoms with Crippen molar-refractivity contribution in [2.45, 2.75) is 229 Å². The quantitative estimate of drug-likeness (QED) is 0.00879. The average Bonchev–Trinajstić information content (AvgIpc) is 1.59. The Balaban J connectivity index is 0.000000180. The number of fused-ring (bicyclic) bond motifs is 6. The second kappa shape index (κ2) is 46.4. The van der Waals surface area contributed by atoms with Crippen molar-refractivity contribution >= 4 is 163 Å². The Kier molecular flexibility index (Phi) is 35.9. The number of benzene rings is 2. The highest BCUT2D eigenvalue weighted by atomic mass is 35.5. The van der Waals surface area contributed by atoms with Crippen molar-refractivity contribution in [3.05, 3.63) is 189 Å². The van der Waals surface area contributed by atoms with Crippen LogP contribution in [0, 0.1) is 46.3 Å². The van der Waals surface area contributed by atoms with Gasteiger partial charge < -0.3 is 81.8 Å².